The summed E-state index contributed by atoms with van der Waals surface area (Å²) in [4.78, 5) is 13.0. The van der Waals surface area contributed by atoms with Crippen molar-refractivity contribution in [2.45, 2.75) is 37.0 Å². The summed E-state index contributed by atoms with van der Waals surface area (Å²) >= 11 is 7.67. The van der Waals surface area contributed by atoms with Gasteiger partial charge in [-0.15, -0.1) is 0 Å². The maximum Gasteiger partial charge on any atom is 0.251 e. The quantitative estimate of drug-likeness (QED) is 0.318. The van der Waals surface area contributed by atoms with Gasteiger partial charge in [0.15, 0.2) is 0 Å². The summed E-state index contributed by atoms with van der Waals surface area (Å²) in [6.45, 7) is 0.526. The third-order valence-corrected chi connectivity index (χ3v) is 9.69. The molecule has 2 aliphatic carbocycles. The van der Waals surface area contributed by atoms with Gasteiger partial charge in [-0.1, -0.05) is 48.0 Å². The SMILES string of the molecule is O=C(NCCSCc1c(F)cccc1Cl)c1ccc2c(c1)[C@@H]1[C@H]3CC[C@@H](C3)[C@H]1[C@H](c1ccccc1)N2. The van der Waals surface area contributed by atoms with Crippen LogP contribution in [0.2, 0.25) is 5.02 Å². The number of benzene rings is 3. The summed E-state index contributed by atoms with van der Waals surface area (Å²) in [6.07, 6.45) is 3.92. The molecule has 3 aliphatic rings. The molecule has 0 radical (unpaired) electrons. The Morgan fingerprint density at radius 1 is 1.06 bits per heavy atom. The minimum Gasteiger partial charge on any atom is -0.378 e. The van der Waals surface area contributed by atoms with Gasteiger partial charge in [-0.25, -0.2) is 4.39 Å². The molecule has 186 valence electrons. The average molecular weight is 521 g/mol. The summed E-state index contributed by atoms with van der Waals surface area (Å²) in [6, 6.07) is 22.1. The second-order valence-corrected chi connectivity index (χ2v) is 11.8. The molecule has 2 saturated carbocycles. The van der Waals surface area contributed by atoms with Gasteiger partial charge in [0, 0.05) is 39.9 Å². The molecule has 1 amide bonds. The Balaban J connectivity index is 1.13. The number of carbonyl (C=O) groups excluding carboxylic acids is 1. The van der Waals surface area contributed by atoms with Gasteiger partial charge in [0.1, 0.15) is 5.82 Å². The molecule has 0 saturated heterocycles. The fourth-order valence-corrected chi connectivity index (χ4v) is 8.00. The number of carbonyl (C=O) groups is 1. The highest BCUT2D eigenvalue weighted by molar-refractivity contribution is 7.98. The molecule has 2 bridgehead atoms. The van der Waals surface area contributed by atoms with Crippen LogP contribution in [-0.4, -0.2) is 18.2 Å². The lowest BCUT2D eigenvalue weighted by atomic mass is 9.68. The minimum absolute atomic E-state index is 0.0489. The molecule has 3 aromatic rings. The maximum atomic E-state index is 13.9. The molecule has 3 nitrogen and oxygen atoms in total. The summed E-state index contributed by atoms with van der Waals surface area (Å²) < 4.78 is 13.9. The molecule has 36 heavy (non-hydrogen) atoms. The Labute approximate surface area is 221 Å². The van der Waals surface area contributed by atoms with Gasteiger partial charge in [-0.3, -0.25) is 4.79 Å². The van der Waals surface area contributed by atoms with Crippen molar-refractivity contribution in [3.05, 3.63) is 99.8 Å². The second kappa shape index (κ2) is 10.1. The van der Waals surface area contributed by atoms with E-state index in [0.717, 1.165) is 11.5 Å². The van der Waals surface area contributed by atoms with Crippen molar-refractivity contribution in [1.82, 2.24) is 5.32 Å². The first-order valence-corrected chi connectivity index (χ1v) is 14.4. The average Bonchev–Trinajstić information content (AvgIpc) is 3.53. The highest BCUT2D eigenvalue weighted by Crippen LogP contribution is 2.63. The number of hydrogen-bond acceptors (Lipinski definition) is 3. The van der Waals surface area contributed by atoms with Crippen LogP contribution in [0, 0.1) is 23.6 Å². The number of amides is 1. The number of fused-ring (bicyclic) bond motifs is 7. The van der Waals surface area contributed by atoms with Gasteiger partial charge in [-0.05, 0) is 84.4 Å². The molecule has 0 spiro atoms. The van der Waals surface area contributed by atoms with Crippen LogP contribution in [0.1, 0.15) is 58.3 Å². The van der Waals surface area contributed by atoms with Crippen molar-refractivity contribution in [1.29, 1.82) is 0 Å². The molecule has 6 heteroatoms. The number of halogens is 2. The zero-order chi connectivity index (χ0) is 24.6. The Hall–Kier alpha value is -2.50. The van der Waals surface area contributed by atoms with Crippen LogP contribution in [0.25, 0.3) is 0 Å². The van der Waals surface area contributed by atoms with Gasteiger partial charge in [-0.2, -0.15) is 11.8 Å². The number of anilines is 1. The molecule has 1 aliphatic heterocycles. The van der Waals surface area contributed by atoms with Crippen molar-refractivity contribution in [2.75, 3.05) is 17.6 Å². The fourth-order valence-electron chi connectivity index (χ4n) is 6.80. The highest BCUT2D eigenvalue weighted by atomic mass is 35.5. The van der Waals surface area contributed by atoms with E-state index in [1.807, 2.05) is 6.07 Å². The summed E-state index contributed by atoms with van der Waals surface area (Å²) in [5, 5.41) is 7.33. The van der Waals surface area contributed by atoms with E-state index in [-0.39, 0.29) is 11.7 Å². The third-order valence-electron chi connectivity index (χ3n) is 8.35. The van der Waals surface area contributed by atoms with E-state index in [2.05, 4.69) is 53.1 Å². The van der Waals surface area contributed by atoms with Crippen LogP contribution in [0.15, 0.2) is 66.7 Å². The highest BCUT2D eigenvalue weighted by Gasteiger charge is 2.53. The van der Waals surface area contributed by atoms with Gasteiger partial charge in [0.25, 0.3) is 5.91 Å². The Morgan fingerprint density at radius 2 is 1.89 bits per heavy atom. The van der Waals surface area contributed by atoms with Crippen LogP contribution in [0.5, 0.6) is 0 Å². The van der Waals surface area contributed by atoms with Crippen molar-refractivity contribution < 1.29 is 9.18 Å². The predicted octanol–water partition coefficient (Wildman–Crippen LogP) is 7.44. The van der Waals surface area contributed by atoms with E-state index in [1.54, 1.807) is 23.9 Å². The van der Waals surface area contributed by atoms with E-state index in [0.29, 0.717) is 52.4 Å². The lowest BCUT2D eigenvalue weighted by molar-refractivity contribution is 0.0956. The topological polar surface area (TPSA) is 41.1 Å². The number of rotatable bonds is 7. The normalized spacial score (nSPS) is 25.7. The van der Waals surface area contributed by atoms with Crippen LogP contribution >= 0.6 is 23.4 Å². The first-order chi connectivity index (χ1) is 17.6. The van der Waals surface area contributed by atoms with E-state index in [1.165, 1.54) is 42.1 Å². The van der Waals surface area contributed by atoms with Crippen LogP contribution in [-0.2, 0) is 5.75 Å². The molecular formula is C30H30ClFN2OS. The van der Waals surface area contributed by atoms with Gasteiger partial charge >= 0.3 is 0 Å². The van der Waals surface area contributed by atoms with Crippen LogP contribution in [0.3, 0.4) is 0 Å². The first kappa shape index (κ1) is 23.9. The summed E-state index contributed by atoms with van der Waals surface area (Å²) in [7, 11) is 0. The van der Waals surface area contributed by atoms with Gasteiger partial charge in [0.05, 0.1) is 6.04 Å². The smallest absolute Gasteiger partial charge is 0.251 e. The Kier molecular flexibility index (Phi) is 6.70. The van der Waals surface area contributed by atoms with Crippen molar-refractivity contribution in [3.8, 4) is 0 Å². The number of thioether (sulfide) groups is 1. The molecular weight excluding hydrogens is 491 g/mol. The standard InChI is InChI=1S/C30H30ClFN2OS/c31-24-7-4-8-25(32)23(24)17-36-14-13-33-30(35)21-11-12-26-22(16-21)27-19-9-10-20(15-19)28(27)29(34-26)18-5-2-1-3-6-18/h1-8,11-12,16,19-20,27-29,34H,9-10,13-15,17H2,(H,33,35)/t19-,20-,27-,28+,29-/m0/s1. The van der Waals surface area contributed by atoms with E-state index in [9.17, 15) is 9.18 Å². The van der Waals surface area contributed by atoms with Crippen LogP contribution < -0.4 is 10.6 Å². The summed E-state index contributed by atoms with van der Waals surface area (Å²) in [5.41, 5.74) is 5.09. The van der Waals surface area contributed by atoms with E-state index < -0.39 is 0 Å². The largest absolute Gasteiger partial charge is 0.378 e. The molecule has 0 unspecified atom stereocenters. The molecule has 5 atom stereocenters. The minimum atomic E-state index is -0.282. The van der Waals surface area contributed by atoms with Crippen LogP contribution in [0.4, 0.5) is 10.1 Å². The van der Waals surface area contributed by atoms with Crippen molar-refractivity contribution in [2.24, 2.45) is 17.8 Å². The number of hydrogen-bond donors (Lipinski definition) is 2. The predicted molar refractivity (Wildman–Crippen MR) is 146 cm³/mol. The zero-order valence-electron chi connectivity index (χ0n) is 20.1. The zero-order valence-corrected chi connectivity index (χ0v) is 21.6. The molecule has 2 fully saturated rings. The monoisotopic (exact) mass is 520 g/mol. The molecule has 2 N–H and O–H groups in total. The van der Waals surface area contributed by atoms with Gasteiger partial charge < -0.3 is 10.6 Å². The van der Waals surface area contributed by atoms with Crippen molar-refractivity contribution in [3.63, 3.8) is 0 Å². The maximum absolute atomic E-state index is 13.9. The fraction of sp³-hybridized carbons (Fsp3) is 0.367. The van der Waals surface area contributed by atoms with E-state index >= 15 is 0 Å². The Bertz CT molecular complexity index is 1250. The number of nitrogens with one attached hydrogen (secondary N) is 2. The molecule has 6 rings (SSSR count). The van der Waals surface area contributed by atoms with Crippen molar-refractivity contribution >= 4 is 35.0 Å². The lowest BCUT2D eigenvalue weighted by Gasteiger charge is -2.43. The third kappa shape index (κ3) is 4.41. The molecule has 0 aromatic heterocycles. The Morgan fingerprint density at radius 3 is 2.72 bits per heavy atom. The molecule has 1 heterocycles. The lowest BCUT2D eigenvalue weighted by Crippen LogP contribution is -2.35. The van der Waals surface area contributed by atoms with Gasteiger partial charge in [0.2, 0.25) is 0 Å². The summed E-state index contributed by atoms with van der Waals surface area (Å²) in [5.74, 6) is 3.41. The molecule has 3 aromatic carbocycles. The first-order valence-electron chi connectivity index (χ1n) is 12.8. The van der Waals surface area contributed by atoms with E-state index in [4.69, 9.17) is 11.6 Å². The second-order valence-electron chi connectivity index (χ2n) is 10.3.